The van der Waals surface area contributed by atoms with Crippen LogP contribution in [0.5, 0.6) is 0 Å². The maximum Gasteiger partial charge on any atom is 0.333 e. The molecule has 0 amide bonds. The minimum Gasteiger partial charge on any atom is -0.462 e. The highest BCUT2D eigenvalue weighted by atomic mass is 16.5. The predicted octanol–water partition coefficient (Wildman–Crippen LogP) is 4.06. The van der Waals surface area contributed by atoms with Crippen LogP contribution in [0.1, 0.15) is 53.4 Å². The van der Waals surface area contributed by atoms with Crippen LogP contribution in [-0.2, 0) is 19.1 Å². The maximum absolute atomic E-state index is 11.5. The van der Waals surface area contributed by atoms with Crippen LogP contribution in [0.2, 0.25) is 0 Å². The third-order valence-corrected chi connectivity index (χ3v) is 3.54. The van der Waals surface area contributed by atoms with Gasteiger partial charge >= 0.3 is 11.9 Å². The van der Waals surface area contributed by atoms with E-state index in [4.69, 9.17) is 9.47 Å². The molecule has 0 aromatic heterocycles. The molecule has 22 heavy (non-hydrogen) atoms. The molecule has 0 radical (unpaired) electrons. The molecule has 0 rings (SSSR count). The van der Waals surface area contributed by atoms with Gasteiger partial charge in [0, 0.05) is 11.1 Å². The molecule has 0 aliphatic rings. The zero-order chi connectivity index (χ0) is 17.1. The van der Waals surface area contributed by atoms with Crippen LogP contribution in [0, 0.1) is 11.8 Å². The van der Waals surface area contributed by atoms with Gasteiger partial charge in [-0.2, -0.15) is 0 Å². The lowest BCUT2D eigenvalue weighted by Gasteiger charge is -2.22. The summed E-state index contributed by atoms with van der Waals surface area (Å²) in [5, 5.41) is 0. The van der Waals surface area contributed by atoms with Crippen molar-refractivity contribution in [2.24, 2.45) is 11.8 Å². The van der Waals surface area contributed by atoms with Gasteiger partial charge in [0.1, 0.15) is 0 Å². The quantitative estimate of drug-likeness (QED) is 0.426. The lowest BCUT2D eigenvalue weighted by atomic mass is 9.90. The van der Waals surface area contributed by atoms with Gasteiger partial charge in [-0.1, -0.05) is 39.8 Å². The maximum atomic E-state index is 11.5. The SMILES string of the molecule is C=C(C)C(=O)OCC(CC)CC(CCC)COC(=O)C(=C)C. The summed E-state index contributed by atoms with van der Waals surface area (Å²) in [5.74, 6) is -0.146. The molecule has 2 atom stereocenters. The summed E-state index contributed by atoms with van der Waals surface area (Å²) in [6.07, 6.45) is 3.79. The third-order valence-electron chi connectivity index (χ3n) is 3.54. The first-order valence-corrected chi connectivity index (χ1v) is 7.96. The lowest BCUT2D eigenvalue weighted by Crippen LogP contribution is -2.21. The minimum atomic E-state index is -0.348. The first-order chi connectivity index (χ1) is 10.3. The molecule has 0 spiro atoms. The van der Waals surface area contributed by atoms with Gasteiger partial charge in [0.05, 0.1) is 13.2 Å². The van der Waals surface area contributed by atoms with E-state index in [1.807, 2.05) is 0 Å². The van der Waals surface area contributed by atoms with Crippen LogP contribution in [0.25, 0.3) is 0 Å². The molecule has 0 heterocycles. The molecule has 2 unspecified atom stereocenters. The number of hydrogen-bond donors (Lipinski definition) is 0. The normalized spacial score (nSPS) is 13.1. The molecule has 0 bridgehead atoms. The van der Waals surface area contributed by atoms with E-state index in [0.29, 0.717) is 24.4 Å². The zero-order valence-corrected chi connectivity index (χ0v) is 14.4. The van der Waals surface area contributed by atoms with Crippen molar-refractivity contribution in [2.45, 2.75) is 53.4 Å². The zero-order valence-electron chi connectivity index (χ0n) is 14.4. The Morgan fingerprint density at radius 1 is 0.909 bits per heavy atom. The summed E-state index contributed by atoms with van der Waals surface area (Å²) in [7, 11) is 0. The number of carbonyl (C=O) groups excluding carboxylic acids is 2. The average molecular weight is 310 g/mol. The van der Waals surface area contributed by atoms with Gasteiger partial charge in [-0.05, 0) is 38.5 Å². The first-order valence-electron chi connectivity index (χ1n) is 7.96. The molecule has 0 aromatic rings. The van der Waals surface area contributed by atoms with Gasteiger partial charge in [-0.3, -0.25) is 0 Å². The van der Waals surface area contributed by atoms with Crippen LogP contribution in [0.3, 0.4) is 0 Å². The summed E-state index contributed by atoms with van der Waals surface area (Å²) in [6.45, 7) is 15.4. The molecular weight excluding hydrogens is 280 g/mol. The Hall–Kier alpha value is -1.58. The number of carbonyl (C=O) groups is 2. The Labute approximate surface area is 134 Å². The van der Waals surface area contributed by atoms with Gasteiger partial charge in [0.15, 0.2) is 0 Å². The Bertz CT molecular complexity index is 398. The molecule has 0 fully saturated rings. The van der Waals surface area contributed by atoms with Crippen molar-refractivity contribution in [2.75, 3.05) is 13.2 Å². The Balaban J connectivity index is 4.42. The Kier molecular flexibility index (Phi) is 10.3. The molecule has 0 aliphatic heterocycles. The summed E-state index contributed by atoms with van der Waals surface area (Å²) in [5.41, 5.74) is 0.827. The number of hydrogen-bond acceptors (Lipinski definition) is 4. The molecular formula is C18H30O4. The van der Waals surface area contributed by atoms with Crippen molar-refractivity contribution in [3.05, 3.63) is 24.3 Å². The molecule has 0 saturated heterocycles. The van der Waals surface area contributed by atoms with Gasteiger partial charge < -0.3 is 9.47 Å². The topological polar surface area (TPSA) is 52.6 Å². The molecule has 0 aromatic carbocycles. The second kappa shape index (κ2) is 11.0. The van der Waals surface area contributed by atoms with Crippen LogP contribution in [-0.4, -0.2) is 25.2 Å². The van der Waals surface area contributed by atoms with E-state index in [2.05, 4.69) is 27.0 Å². The first kappa shape index (κ1) is 20.4. The second-order valence-corrected chi connectivity index (χ2v) is 5.92. The second-order valence-electron chi connectivity index (χ2n) is 5.92. The summed E-state index contributed by atoms with van der Waals surface area (Å²) < 4.78 is 10.5. The van der Waals surface area contributed by atoms with Crippen molar-refractivity contribution in [3.63, 3.8) is 0 Å². The fraction of sp³-hybridized carbons (Fsp3) is 0.667. The average Bonchev–Trinajstić information content (AvgIpc) is 2.47. The lowest BCUT2D eigenvalue weighted by molar-refractivity contribution is -0.141. The van der Waals surface area contributed by atoms with E-state index in [1.54, 1.807) is 13.8 Å². The van der Waals surface area contributed by atoms with Crippen molar-refractivity contribution >= 4 is 11.9 Å². The number of ether oxygens (including phenoxy) is 2. The Morgan fingerprint density at radius 3 is 1.73 bits per heavy atom. The largest absolute Gasteiger partial charge is 0.462 e. The molecule has 0 saturated carbocycles. The predicted molar refractivity (Wildman–Crippen MR) is 88.3 cm³/mol. The summed E-state index contributed by atoms with van der Waals surface area (Å²) >= 11 is 0. The molecule has 0 N–H and O–H groups in total. The smallest absolute Gasteiger partial charge is 0.333 e. The Morgan fingerprint density at radius 2 is 1.36 bits per heavy atom. The van der Waals surface area contributed by atoms with Crippen molar-refractivity contribution in [3.8, 4) is 0 Å². The highest BCUT2D eigenvalue weighted by Gasteiger charge is 2.18. The van der Waals surface area contributed by atoms with Crippen molar-refractivity contribution in [1.82, 2.24) is 0 Å². The van der Waals surface area contributed by atoms with Crippen molar-refractivity contribution < 1.29 is 19.1 Å². The molecule has 4 heteroatoms. The van der Waals surface area contributed by atoms with E-state index in [1.165, 1.54) is 0 Å². The van der Waals surface area contributed by atoms with E-state index in [9.17, 15) is 9.59 Å². The standard InChI is InChI=1S/C18H30O4/c1-7-9-16(12-22-18(20)14(5)6)10-15(8-2)11-21-17(19)13(3)4/h15-16H,3,5,7-12H2,1-2,4,6H3. The van der Waals surface area contributed by atoms with Gasteiger partial charge in [0.2, 0.25) is 0 Å². The molecule has 4 nitrogen and oxygen atoms in total. The highest BCUT2D eigenvalue weighted by molar-refractivity contribution is 5.87. The van der Waals surface area contributed by atoms with Crippen molar-refractivity contribution in [1.29, 1.82) is 0 Å². The van der Waals surface area contributed by atoms with Crippen LogP contribution in [0.4, 0.5) is 0 Å². The fourth-order valence-corrected chi connectivity index (χ4v) is 2.13. The van der Waals surface area contributed by atoms with Gasteiger partial charge in [-0.25, -0.2) is 9.59 Å². The summed E-state index contributed by atoms with van der Waals surface area (Å²) in [4.78, 5) is 23.0. The van der Waals surface area contributed by atoms with Crippen LogP contribution < -0.4 is 0 Å². The molecule has 126 valence electrons. The van der Waals surface area contributed by atoms with E-state index in [0.717, 1.165) is 25.7 Å². The number of esters is 2. The minimum absolute atomic E-state index is 0.267. The van der Waals surface area contributed by atoms with E-state index in [-0.39, 0.29) is 23.8 Å². The third kappa shape index (κ3) is 8.65. The van der Waals surface area contributed by atoms with Crippen LogP contribution >= 0.6 is 0 Å². The highest BCUT2D eigenvalue weighted by Crippen LogP contribution is 2.21. The van der Waals surface area contributed by atoms with E-state index < -0.39 is 0 Å². The molecule has 0 aliphatic carbocycles. The van der Waals surface area contributed by atoms with Gasteiger partial charge in [0.25, 0.3) is 0 Å². The fourth-order valence-electron chi connectivity index (χ4n) is 2.13. The number of rotatable bonds is 11. The van der Waals surface area contributed by atoms with Crippen LogP contribution in [0.15, 0.2) is 24.3 Å². The van der Waals surface area contributed by atoms with E-state index >= 15 is 0 Å². The van der Waals surface area contributed by atoms with Gasteiger partial charge in [-0.15, -0.1) is 0 Å². The monoisotopic (exact) mass is 310 g/mol. The summed E-state index contributed by atoms with van der Waals surface area (Å²) in [6, 6.07) is 0.